The first-order valence-electron chi connectivity index (χ1n) is 3.79. The van der Waals surface area contributed by atoms with Crippen molar-refractivity contribution in [2.24, 2.45) is 11.8 Å². The fourth-order valence-electron chi connectivity index (χ4n) is 1.75. The van der Waals surface area contributed by atoms with Gasteiger partial charge in [0.1, 0.15) is 0 Å². The molecule has 3 rings (SSSR count). The predicted octanol–water partition coefficient (Wildman–Crippen LogP) is 1.76. The molecule has 1 nitrogen and oxygen atoms in total. The number of rotatable bonds is 1. The maximum Gasteiger partial charge on any atom is 0.0677 e. The van der Waals surface area contributed by atoms with Crippen LogP contribution in [0.3, 0.4) is 0 Å². The zero-order chi connectivity index (χ0) is 6.97. The summed E-state index contributed by atoms with van der Waals surface area (Å²) in [4.78, 5) is 0. The molecule has 1 unspecified atom stereocenters. The van der Waals surface area contributed by atoms with Gasteiger partial charge in [0.15, 0.2) is 0 Å². The molecule has 0 aromatic heterocycles. The zero-order valence-electron chi connectivity index (χ0n) is 6.16. The Kier molecular flexibility index (Phi) is 1.38. The summed E-state index contributed by atoms with van der Waals surface area (Å²) in [7, 11) is 1.80. The SMILES string of the molecule is COC1CC2C=CC1C=C2. The fourth-order valence-corrected chi connectivity index (χ4v) is 1.75. The minimum absolute atomic E-state index is 0.444. The van der Waals surface area contributed by atoms with Gasteiger partial charge in [-0.25, -0.2) is 0 Å². The predicted molar refractivity (Wildman–Crippen MR) is 40.7 cm³/mol. The first-order valence-corrected chi connectivity index (χ1v) is 3.79. The largest absolute Gasteiger partial charge is 0.380 e. The lowest BCUT2D eigenvalue weighted by Gasteiger charge is -2.32. The maximum absolute atomic E-state index is 5.32. The summed E-state index contributed by atoms with van der Waals surface area (Å²) in [6, 6.07) is 0. The first kappa shape index (κ1) is 6.17. The summed E-state index contributed by atoms with van der Waals surface area (Å²) in [6.45, 7) is 0. The lowest BCUT2D eigenvalue weighted by molar-refractivity contribution is 0.0601. The highest BCUT2D eigenvalue weighted by Gasteiger charge is 2.27. The second kappa shape index (κ2) is 2.24. The lowest BCUT2D eigenvalue weighted by atomic mass is 9.80. The van der Waals surface area contributed by atoms with E-state index in [1.807, 2.05) is 0 Å². The minimum atomic E-state index is 0.444. The van der Waals surface area contributed by atoms with Crippen molar-refractivity contribution in [1.29, 1.82) is 0 Å². The molecule has 0 saturated heterocycles. The van der Waals surface area contributed by atoms with Gasteiger partial charge < -0.3 is 4.74 Å². The van der Waals surface area contributed by atoms with Gasteiger partial charge in [0.2, 0.25) is 0 Å². The van der Waals surface area contributed by atoms with Crippen LogP contribution in [0.2, 0.25) is 0 Å². The molecule has 0 aromatic carbocycles. The van der Waals surface area contributed by atoms with E-state index in [-0.39, 0.29) is 0 Å². The highest BCUT2D eigenvalue weighted by atomic mass is 16.5. The third-order valence-corrected chi connectivity index (χ3v) is 2.40. The Labute approximate surface area is 61.4 Å². The van der Waals surface area contributed by atoms with E-state index < -0.39 is 0 Å². The number of hydrogen-bond acceptors (Lipinski definition) is 1. The third-order valence-electron chi connectivity index (χ3n) is 2.40. The van der Waals surface area contributed by atoms with Crippen LogP contribution < -0.4 is 0 Å². The Balaban J connectivity index is 2.19. The smallest absolute Gasteiger partial charge is 0.0677 e. The van der Waals surface area contributed by atoms with Crippen molar-refractivity contribution < 1.29 is 4.74 Å². The fraction of sp³-hybridized carbons (Fsp3) is 0.556. The molecule has 3 aliphatic rings. The standard InChI is InChI=1S/C9H12O/c1-10-9-6-7-2-4-8(9)5-3-7/h2-5,7-9H,6H2,1H3. The Morgan fingerprint density at radius 3 is 2.20 bits per heavy atom. The number of fused-ring (bicyclic) bond motifs is 1. The highest BCUT2D eigenvalue weighted by Crippen LogP contribution is 2.31. The van der Waals surface area contributed by atoms with Crippen LogP contribution in [0.1, 0.15) is 6.42 Å². The summed E-state index contributed by atoms with van der Waals surface area (Å²) < 4.78 is 5.32. The molecule has 1 heteroatoms. The van der Waals surface area contributed by atoms with Crippen LogP contribution in [0.5, 0.6) is 0 Å². The van der Waals surface area contributed by atoms with E-state index >= 15 is 0 Å². The topological polar surface area (TPSA) is 9.23 Å². The van der Waals surface area contributed by atoms with Crippen molar-refractivity contribution >= 4 is 0 Å². The van der Waals surface area contributed by atoms with Gasteiger partial charge in [0, 0.05) is 13.0 Å². The lowest BCUT2D eigenvalue weighted by Crippen LogP contribution is -2.29. The van der Waals surface area contributed by atoms with E-state index in [1.54, 1.807) is 7.11 Å². The molecule has 0 spiro atoms. The van der Waals surface area contributed by atoms with Gasteiger partial charge in [-0.2, -0.15) is 0 Å². The van der Waals surface area contributed by atoms with Crippen LogP contribution in [0.15, 0.2) is 24.3 Å². The highest BCUT2D eigenvalue weighted by molar-refractivity contribution is 5.20. The van der Waals surface area contributed by atoms with Crippen LogP contribution in [-0.4, -0.2) is 13.2 Å². The van der Waals surface area contributed by atoms with Gasteiger partial charge in [0.05, 0.1) is 6.10 Å². The second-order valence-electron chi connectivity index (χ2n) is 3.02. The monoisotopic (exact) mass is 136 g/mol. The van der Waals surface area contributed by atoms with Gasteiger partial charge in [-0.3, -0.25) is 0 Å². The number of ether oxygens (including phenoxy) is 1. The van der Waals surface area contributed by atoms with Crippen molar-refractivity contribution in [2.75, 3.05) is 7.11 Å². The van der Waals surface area contributed by atoms with E-state index in [1.165, 1.54) is 6.42 Å². The summed E-state index contributed by atoms with van der Waals surface area (Å²) in [5.74, 6) is 1.20. The van der Waals surface area contributed by atoms with Crippen molar-refractivity contribution in [3.05, 3.63) is 24.3 Å². The summed E-state index contributed by atoms with van der Waals surface area (Å²) in [5.41, 5.74) is 0. The molecule has 1 atom stereocenters. The molecule has 2 bridgehead atoms. The normalized spacial score (nSPS) is 42.7. The van der Waals surface area contributed by atoms with Crippen LogP contribution >= 0.6 is 0 Å². The molecule has 0 saturated carbocycles. The average molecular weight is 136 g/mol. The van der Waals surface area contributed by atoms with Crippen molar-refractivity contribution in [3.8, 4) is 0 Å². The van der Waals surface area contributed by atoms with Crippen LogP contribution in [-0.2, 0) is 4.74 Å². The van der Waals surface area contributed by atoms with Crippen molar-refractivity contribution in [1.82, 2.24) is 0 Å². The van der Waals surface area contributed by atoms with Gasteiger partial charge in [0.25, 0.3) is 0 Å². The summed E-state index contributed by atoms with van der Waals surface area (Å²) in [5, 5.41) is 0. The van der Waals surface area contributed by atoms with E-state index in [0.29, 0.717) is 17.9 Å². The Bertz CT molecular complexity index is 167. The minimum Gasteiger partial charge on any atom is -0.380 e. The van der Waals surface area contributed by atoms with E-state index in [2.05, 4.69) is 24.3 Å². The third kappa shape index (κ3) is 0.816. The van der Waals surface area contributed by atoms with Gasteiger partial charge in [-0.1, -0.05) is 24.3 Å². The number of hydrogen-bond donors (Lipinski definition) is 0. The van der Waals surface area contributed by atoms with Crippen molar-refractivity contribution in [3.63, 3.8) is 0 Å². The molecule has 0 N–H and O–H groups in total. The van der Waals surface area contributed by atoms with Crippen LogP contribution in [0.4, 0.5) is 0 Å². The van der Waals surface area contributed by atoms with Gasteiger partial charge in [-0.15, -0.1) is 0 Å². The maximum atomic E-state index is 5.32. The molecule has 0 radical (unpaired) electrons. The quantitative estimate of drug-likeness (QED) is 0.499. The van der Waals surface area contributed by atoms with E-state index in [4.69, 9.17) is 4.74 Å². The van der Waals surface area contributed by atoms with Crippen LogP contribution in [0, 0.1) is 11.8 Å². The molecule has 3 aliphatic carbocycles. The van der Waals surface area contributed by atoms with Crippen molar-refractivity contribution in [2.45, 2.75) is 12.5 Å². The number of allylic oxidation sites excluding steroid dienone is 2. The summed E-state index contributed by atoms with van der Waals surface area (Å²) >= 11 is 0. The Morgan fingerprint density at radius 1 is 1.20 bits per heavy atom. The van der Waals surface area contributed by atoms with Gasteiger partial charge in [-0.05, 0) is 12.3 Å². The molecule has 54 valence electrons. The molecule has 0 fully saturated rings. The second-order valence-corrected chi connectivity index (χ2v) is 3.02. The Hall–Kier alpha value is -0.560. The molecule has 0 aromatic rings. The Morgan fingerprint density at radius 2 is 1.90 bits per heavy atom. The first-order chi connectivity index (χ1) is 4.90. The van der Waals surface area contributed by atoms with E-state index in [0.717, 1.165) is 0 Å². The summed E-state index contributed by atoms with van der Waals surface area (Å²) in [6.07, 6.45) is 10.7. The molecule has 0 heterocycles. The molecule has 10 heavy (non-hydrogen) atoms. The van der Waals surface area contributed by atoms with Gasteiger partial charge >= 0.3 is 0 Å². The molecule has 0 amide bonds. The zero-order valence-corrected chi connectivity index (χ0v) is 6.16. The van der Waals surface area contributed by atoms with Crippen LogP contribution in [0.25, 0.3) is 0 Å². The average Bonchev–Trinajstić information content (AvgIpc) is 2.06. The van der Waals surface area contributed by atoms with E-state index in [9.17, 15) is 0 Å². The molecule has 0 aliphatic heterocycles. The number of methoxy groups -OCH3 is 1. The molecular weight excluding hydrogens is 124 g/mol. The molecular formula is C9H12O.